The van der Waals surface area contributed by atoms with Crippen LogP contribution in [0, 0.1) is 5.82 Å². The van der Waals surface area contributed by atoms with Crippen LogP contribution in [0.1, 0.15) is 10.4 Å². The highest BCUT2D eigenvalue weighted by atomic mass is 79.9. The molecule has 0 aliphatic heterocycles. The molecule has 0 aliphatic rings. The average Bonchev–Trinajstić information content (AvgIpc) is 2.32. The molecule has 0 atom stereocenters. The van der Waals surface area contributed by atoms with E-state index >= 15 is 0 Å². The summed E-state index contributed by atoms with van der Waals surface area (Å²) in [5.41, 5.74) is -0.0396. The number of pyridine rings is 1. The molecule has 1 N–H and O–H groups in total. The minimum atomic E-state index is -0.584. The molecule has 0 spiro atoms. The molecule has 0 bridgehead atoms. The third-order valence-corrected chi connectivity index (χ3v) is 3.29. The van der Waals surface area contributed by atoms with E-state index in [4.69, 9.17) is 0 Å². The standard InChI is InChI=1S/C12H7Br2FN2O/c13-7-4-5-10(16-6-7)17-12(18)11-8(14)2-1-3-9(11)15/h1-6H,(H,16,17,18). The van der Waals surface area contributed by atoms with Gasteiger partial charge < -0.3 is 5.32 Å². The van der Waals surface area contributed by atoms with Gasteiger partial charge in [-0.3, -0.25) is 4.79 Å². The number of carbonyl (C=O) groups is 1. The predicted octanol–water partition coefficient (Wildman–Crippen LogP) is 4.00. The van der Waals surface area contributed by atoms with Crippen LogP contribution in [0.5, 0.6) is 0 Å². The third-order valence-electron chi connectivity index (χ3n) is 2.16. The van der Waals surface area contributed by atoms with Crippen molar-refractivity contribution in [3.63, 3.8) is 0 Å². The fourth-order valence-electron chi connectivity index (χ4n) is 1.34. The highest BCUT2D eigenvalue weighted by Crippen LogP contribution is 2.21. The van der Waals surface area contributed by atoms with E-state index in [0.717, 1.165) is 4.47 Å². The zero-order chi connectivity index (χ0) is 13.1. The van der Waals surface area contributed by atoms with E-state index in [-0.39, 0.29) is 5.56 Å². The van der Waals surface area contributed by atoms with E-state index in [9.17, 15) is 9.18 Å². The molecule has 18 heavy (non-hydrogen) atoms. The predicted molar refractivity (Wildman–Crippen MR) is 74.0 cm³/mol. The highest BCUT2D eigenvalue weighted by Gasteiger charge is 2.15. The Bertz CT molecular complexity index is 567. The van der Waals surface area contributed by atoms with E-state index < -0.39 is 11.7 Å². The lowest BCUT2D eigenvalue weighted by Crippen LogP contribution is -2.15. The Balaban J connectivity index is 2.25. The lowest BCUT2D eigenvalue weighted by atomic mass is 10.2. The zero-order valence-corrected chi connectivity index (χ0v) is 12.1. The van der Waals surface area contributed by atoms with E-state index in [1.54, 1.807) is 24.4 Å². The first kappa shape index (κ1) is 13.2. The molecule has 0 saturated carbocycles. The number of hydrogen-bond acceptors (Lipinski definition) is 2. The normalized spacial score (nSPS) is 10.2. The molecule has 0 saturated heterocycles. The third kappa shape index (κ3) is 2.94. The smallest absolute Gasteiger partial charge is 0.260 e. The Morgan fingerprint density at radius 2 is 2.00 bits per heavy atom. The molecule has 92 valence electrons. The summed E-state index contributed by atoms with van der Waals surface area (Å²) in [5.74, 6) is -0.771. The number of benzene rings is 1. The zero-order valence-electron chi connectivity index (χ0n) is 8.95. The van der Waals surface area contributed by atoms with Gasteiger partial charge in [0.05, 0.1) is 5.56 Å². The number of carbonyl (C=O) groups excluding carboxylic acids is 1. The Hall–Kier alpha value is -1.27. The van der Waals surface area contributed by atoms with Gasteiger partial charge in [-0.15, -0.1) is 0 Å². The molecule has 1 heterocycles. The van der Waals surface area contributed by atoms with Crippen LogP contribution in [0.2, 0.25) is 0 Å². The topological polar surface area (TPSA) is 42.0 Å². The van der Waals surface area contributed by atoms with Crippen LogP contribution in [-0.2, 0) is 0 Å². The summed E-state index contributed by atoms with van der Waals surface area (Å²) in [6.45, 7) is 0. The molecular weight excluding hydrogens is 367 g/mol. The Morgan fingerprint density at radius 1 is 1.22 bits per heavy atom. The lowest BCUT2D eigenvalue weighted by molar-refractivity contribution is 0.102. The minimum absolute atomic E-state index is 0.0396. The summed E-state index contributed by atoms with van der Waals surface area (Å²) in [6.07, 6.45) is 1.55. The monoisotopic (exact) mass is 372 g/mol. The molecule has 0 radical (unpaired) electrons. The van der Waals surface area contributed by atoms with Crippen molar-refractivity contribution in [1.82, 2.24) is 4.98 Å². The molecule has 2 aromatic rings. The maximum atomic E-state index is 13.5. The Morgan fingerprint density at radius 3 is 2.61 bits per heavy atom. The van der Waals surface area contributed by atoms with Crippen LogP contribution >= 0.6 is 31.9 Å². The van der Waals surface area contributed by atoms with Crippen molar-refractivity contribution in [2.75, 3.05) is 5.32 Å². The van der Waals surface area contributed by atoms with Gasteiger partial charge >= 0.3 is 0 Å². The first-order valence-electron chi connectivity index (χ1n) is 4.95. The van der Waals surface area contributed by atoms with Crippen molar-refractivity contribution in [2.24, 2.45) is 0 Å². The van der Waals surface area contributed by atoms with Gasteiger partial charge in [0.15, 0.2) is 0 Å². The van der Waals surface area contributed by atoms with Gasteiger partial charge in [0.2, 0.25) is 0 Å². The molecule has 6 heteroatoms. The van der Waals surface area contributed by atoms with Crippen molar-refractivity contribution in [3.8, 4) is 0 Å². The molecular formula is C12H7Br2FN2O. The summed E-state index contributed by atoms with van der Waals surface area (Å²) >= 11 is 6.38. The Kier molecular flexibility index (Phi) is 4.08. The highest BCUT2D eigenvalue weighted by molar-refractivity contribution is 9.10. The second kappa shape index (κ2) is 5.58. The maximum Gasteiger partial charge on any atom is 0.260 e. The quantitative estimate of drug-likeness (QED) is 0.864. The largest absolute Gasteiger partial charge is 0.306 e. The second-order valence-corrected chi connectivity index (χ2v) is 5.18. The van der Waals surface area contributed by atoms with Gasteiger partial charge in [0, 0.05) is 15.1 Å². The average molecular weight is 374 g/mol. The molecule has 0 unspecified atom stereocenters. The van der Waals surface area contributed by atoms with Crippen molar-refractivity contribution in [1.29, 1.82) is 0 Å². The van der Waals surface area contributed by atoms with Crippen LogP contribution in [0.4, 0.5) is 10.2 Å². The summed E-state index contributed by atoms with van der Waals surface area (Å²) in [7, 11) is 0. The number of nitrogens with zero attached hydrogens (tertiary/aromatic N) is 1. The van der Waals surface area contributed by atoms with Crippen LogP contribution in [0.15, 0.2) is 45.5 Å². The van der Waals surface area contributed by atoms with E-state index in [1.807, 2.05) is 0 Å². The van der Waals surface area contributed by atoms with Crippen LogP contribution in [-0.4, -0.2) is 10.9 Å². The number of rotatable bonds is 2. The van der Waals surface area contributed by atoms with Gasteiger partial charge in [-0.2, -0.15) is 0 Å². The maximum absolute atomic E-state index is 13.5. The summed E-state index contributed by atoms with van der Waals surface area (Å²) in [5, 5.41) is 2.53. The van der Waals surface area contributed by atoms with Crippen LogP contribution in [0.25, 0.3) is 0 Å². The number of hydrogen-bond donors (Lipinski definition) is 1. The SMILES string of the molecule is O=C(Nc1ccc(Br)cn1)c1c(F)cccc1Br. The number of anilines is 1. The first-order chi connectivity index (χ1) is 8.58. The van der Waals surface area contributed by atoms with Gasteiger partial charge in [-0.05, 0) is 56.1 Å². The van der Waals surface area contributed by atoms with Crippen molar-refractivity contribution < 1.29 is 9.18 Å². The van der Waals surface area contributed by atoms with Gasteiger partial charge in [-0.25, -0.2) is 9.37 Å². The van der Waals surface area contributed by atoms with E-state index in [0.29, 0.717) is 10.3 Å². The van der Waals surface area contributed by atoms with Crippen molar-refractivity contribution >= 4 is 43.6 Å². The lowest BCUT2D eigenvalue weighted by Gasteiger charge is -2.07. The van der Waals surface area contributed by atoms with Crippen molar-refractivity contribution in [2.45, 2.75) is 0 Å². The number of aromatic nitrogens is 1. The summed E-state index contributed by atoms with van der Waals surface area (Å²) in [4.78, 5) is 15.9. The number of nitrogens with one attached hydrogen (secondary N) is 1. The number of amides is 1. The number of halogens is 3. The van der Waals surface area contributed by atoms with Gasteiger partial charge in [0.25, 0.3) is 5.91 Å². The van der Waals surface area contributed by atoms with Gasteiger partial charge in [0.1, 0.15) is 11.6 Å². The molecule has 1 amide bonds. The molecule has 0 fully saturated rings. The van der Waals surface area contributed by atoms with Crippen molar-refractivity contribution in [3.05, 3.63) is 56.9 Å². The van der Waals surface area contributed by atoms with Crippen LogP contribution in [0.3, 0.4) is 0 Å². The second-order valence-electron chi connectivity index (χ2n) is 3.41. The Labute approximate surface area is 120 Å². The summed E-state index contributed by atoms with van der Waals surface area (Å²) < 4.78 is 14.7. The van der Waals surface area contributed by atoms with E-state index in [2.05, 4.69) is 42.2 Å². The molecule has 1 aromatic carbocycles. The molecule has 1 aromatic heterocycles. The molecule has 0 aliphatic carbocycles. The van der Waals surface area contributed by atoms with Gasteiger partial charge in [-0.1, -0.05) is 6.07 Å². The van der Waals surface area contributed by atoms with Crippen LogP contribution < -0.4 is 5.32 Å². The summed E-state index contributed by atoms with van der Waals surface area (Å²) in [6, 6.07) is 7.71. The molecule has 2 rings (SSSR count). The minimum Gasteiger partial charge on any atom is -0.306 e. The van der Waals surface area contributed by atoms with E-state index in [1.165, 1.54) is 12.1 Å². The molecule has 3 nitrogen and oxygen atoms in total. The fourth-order valence-corrected chi connectivity index (χ4v) is 2.10. The fraction of sp³-hybridized carbons (Fsp3) is 0. The first-order valence-corrected chi connectivity index (χ1v) is 6.53.